The van der Waals surface area contributed by atoms with Crippen LogP contribution in [0, 0.1) is 23.7 Å². The van der Waals surface area contributed by atoms with Crippen LogP contribution in [0.25, 0.3) is 0 Å². The fourth-order valence-electron chi connectivity index (χ4n) is 3.89. The second-order valence-electron chi connectivity index (χ2n) is 9.34. The zero-order valence-electron chi connectivity index (χ0n) is 20.6. The highest BCUT2D eigenvalue weighted by molar-refractivity contribution is 7.89. The standard InChI is InChI=1S/C26H35N3O4S/c1-19(2)9-10-22-11-12-26-24(14-22)33-25(17-28(5)16-23-8-6-7-13-27-23)20(3)15-29(21(4)18-30)34(26,31)32/h6-8,11-14,19-21,25,30H,15-18H2,1-5H3/t20-,21+,25+/m0/s1. The summed E-state index contributed by atoms with van der Waals surface area (Å²) in [4.78, 5) is 6.63. The van der Waals surface area contributed by atoms with Gasteiger partial charge in [-0.3, -0.25) is 9.88 Å². The Morgan fingerprint density at radius 1 is 1.26 bits per heavy atom. The normalized spacial score (nSPS) is 21.1. The Morgan fingerprint density at radius 2 is 2.03 bits per heavy atom. The molecule has 1 aliphatic heterocycles. The summed E-state index contributed by atoms with van der Waals surface area (Å²) in [6, 6.07) is 10.3. The average Bonchev–Trinajstić information content (AvgIpc) is 2.80. The van der Waals surface area contributed by atoms with Gasteiger partial charge in [-0.1, -0.05) is 38.7 Å². The zero-order valence-corrected chi connectivity index (χ0v) is 21.4. The Kier molecular flexibility index (Phi) is 8.72. The summed E-state index contributed by atoms with van der Waals surface area (Å²) in [5.41, 5.74) is 1.66. The highest BCUT2D eigenvalue weighted by atomic mass is 32.2. The molecular weight excluding hydrogens is 450 g/mol. The first kappa shape index (κ1) is 26.2. The second kappa shape index (κ2) is 11.3. The number of rotatable bonds is 6. The molecule has 0 radical (unpaired) electrons. The molecule has 1 aromatic carbocycles. The summed E-state index contributed by atoms with van der Waals surface area (Å²) in [5, 5.41) is 9.79. The largest absolute Gasteiger partial charge is 0.487 e. The lowest BCUT2D eigenvalue weighted by atomic mass is 10.0. The maximum absolute atomic E-state index is 13.6. The van der Waals surface area contributed by atoms with Crippen LogP contribution in [0.1, 0.15) is 39.0 Å². The van der Waals surface area contributed by atoms with E-state index < -0.39 is 16.1 Å². The SMILES string of the molecule is CC(C)C#Cc1ccc2c(c1)O[C@H](CN(C)Cc1ccccn1)[C@@H](C)CN([C@H](C)CO)S2(=O)=O. The lowest BCUT2D eigenvalue weighted by molar-refractivity contribution is 0.0730. The molecule has 184 valence electrons. The fourth-order valence-corrected chi connectivity index (χ4v) is 5.71. The molecule has 0 fully saturated rings. The summed E-state index contributed by atoms with van der Waals surface area (Å²) in [6.45, 7) is 8.94. The van der Waals surface area contributed by atoms with Crippen molar-refractivity contribution in [1.29, 1.82) is 0 Å². The molecule has 3 rings (SSSR count). The van der Waals surface area contributed by atoms with Crippen molar-refractivity contribution in [1.82, 2.24) is 14.2 Å². The maximum atomic E-state index is 13.6. The highest BCUT2D eigenvalue weighted by Crippen LogP contribution is 2.34. The quantitative estimate of drug-likeness (QED) is 0.634. The summed E-state index contributed by atoms with van der Waals surface area (Å²) < 4.78 is 34.9. The van der Waals surface area contributed by atoms with Gasteiger partial charge in [-0.2, -0.15) is 4.31 Å². The van der Waals surface area contributed by atoms with Crippen molar-refractivity contribution in [3.8, 4) is 17.6 Å². The topological polar surface area (TPSA) is 83.0 Å². The monoisotopic (exact) mass is 485 g/mol. The average molecular weight is 486 g/mol. The molecule has 1 N–H and O–H groups in total. The molecule has 0 bridgehead atoms. The van der Waals surface area contributed by atoms with Gasteiger partial charge in [-0.05, 0) is 44.3 Å². The van der Waals surface area contributed by atoms with E-state index in [2.05, 4.69) is 21.7 Å². The lowest BCUT2D eigenvalue weighted by Gasteiger charge is -2.37. The molecule has 0 amide bonds. The Morgan fingerprint density at radius 3 is 2.68 bits per heavy atom. The molecule has 1 aliphatic rings. The molecule has 0 saturated carbocycles. The number of sulfonamides is 1. The highest BCUT2D eigenvalue weighted by Gasteiger charge is 2.38. The van der Waals surface area contributed by atoms with Gasteiger partial charge in [0.1, 0.15) is 16.7 Å². The minimum atomic E-state index is -3.86. The molecule has 0 aliphatic carbocycles. The van der Waals surface area contributed by atoms with Gasteiger partial charge >= 0.3 is 0 Å². The summed E-state index contributed by atoms with van der Waals surface area (Å²) >= 11 is 0. The van der Waals surface area contributed by atoms with Crippen LogP contribution in [0.4, 0.5) is 0 Å². The molecule has 2 aromatic rings. The minimum Gasteiger partial charge on any atom is -0.487 e. The number of fused-ring (bicyclic) bond motifs is 1. The molecule has 2 heterocycles. The molecule has 0 spiro atoms. The van der Waals surface area contributed by atoms with Crippen LogP contribution in [0.15, 0.2) is 47.5 Å². The van der Waals surface area contributed by atoms with Crippen molar-refractivity contribution in [2.45, 2.75) is 51.3 Å². The van der Waals surface area contributed by atoms with E-state index in [-0.39, 0.29) is 36.0 Å². The Balaban J connectivity index is 1.99. The molecule has 3 atom stereocenters. The smallest absolute Gasteiger partial charge is 0.247 e. The summed E-state index contributed by atoms with van der Waals surface area (Å²) in [6.07, 6.45) is 1.50. The van der Waals surface area contributed by atoms with Gasteiger partial charge in [0, 0.05) is 49.3 Å². The van der Waals surface area contributed by atoms with Crippen molar-refractivity contribution in [2.24, 2.45) is 11.8 Å². The number of hydrogen-bond acceptors (Lipinski definition) is 6. The van der Waals surface area contributed by atoms with Gasteiger partial charge in [0.25, 0.3) is 0 Å². The Bertz CT molecular complexity index is 1130. The Hall–Kier alpha value is -2.44. The van der Waals surface area contributed by atoms with Crippen LogP contribution in [0.2, 0.25) is 0 Å². The van der Waals surface area contributed by atoms with Crippen molar-refractivity contribution in [3.63, 3.8) is 0 Å². The number of aromatic nitrogens is 1. The van der Waals surface area contributed by atoms with E-state index in [4.69, 9.17) is 4.74 Å². The first-order chi connectivity index (χ1) is 16.1. The zero-order chi connectivity index (χ0) is 24.9. The molecule has 8 heteroatoms. The van der Waals surface area contributed by atoms with Gasteiger partial charge < -0.3 is 9.84 Å². The molecular formula is C26H35N3O4S. The van der Waals surface area contributed by atoms with Crippen LogP contribution in [0.5, 0.6) is 5.75 Å². The van der Waals surface area contributed by atoms with Crippen molar-refractivity contribution >= 4 is 10.0 Å². The predicted octanol–water partition coefficient (Wildman–Crippen LogP) is 2.99. The van der Waals surface area contributed by atoms with Crippen molar-refractivity contribution in [3.05, 3.63) is 53.9 Å². The molecule has 0 saturated heterocycles. The minimum absolute atomic E-state index is 0.104. The number of pyridine rings is 1. The first-order valence-corrected chi connectivity index (χ1v) is 13.1. The third-order valence-corrected chi connectivity index (χ3v) is 7.84. The molecule has 1 aromatic heterocycles. The number of aliphatic hydroxyl groups excluding tert-OH is 1. The van der Waals surface area contributed by atoms with Gasteiger partial charge in [0.15, 0.2) is 0 Å². The number of aliphatic hydroxyl groups is 1. The third-order valence-electron chi connectivity index (χ3n) is 5.82. The van der Waals surface area contributed by atoms with E-state index in [1.54, 1.807) is 31.3 Å². The molecule has 7 nitrogen and oxygen atoms in total. The van der Waals surface area contributed by atoms with Crippen LogP contribution in [0.3, 0.4) is 0 Å². The third kappa shape index (κ3) is 6.36. The lowest BCUT2D eigenvalue weighted by Crippen LogP contribution is -2.49. The molecule has 0 unspecified atom stereocenters. The van der Waals surface area contributed by atoms with Gasteiger partial charge in [0.2, 0.25) is 10.0 Å². The Labute approximate surface area is 203 Å². The van der Waals surface area contributed by atoms with Crippen LogP contribution in [-0.4, -0.2) is 66.6 Å². The number of likely N-dealkylation sites (N-methyl/N-ethyl adjacent to an activating group) is 1. The van der Waals surface area contributed by atoms with E-state index in [0.29, 0.717) is 24.4 Å². The second-order valence-corrected chi connectivity index (χ2v) is 11.2. The maximum Gasteiger partial charge on any atom is 0.247 e. The van der Waals surface area contributed by atoms with Crippen LogP contribution < -0.4 is 4.74 Å². The van der Waals surface area contributed by atoms with Gasteiger partial charge in [0.05, 0.1) is 12.3 Å². The van der Waals surface area contributed by atoms with Crippen molar-refractivity contribution in [2.75, 3.05) is 26.7 Å². The summed E-state index contributed by atoms with van der Waals surface area (Å²) in [7, 11) is -1.86. The van der Waals surface area contributed by atoms with E-state index in [1.807, 2.05) is 46.0 Å². The fraction of sp³-hybridized carbons (Fsp3) is 0.500. The summed E-state index contributed by atoms with van der Waals surface area (Å²) in [5.74, 6) is 6.60. The number of benzene rings is 1. The van der Waals surface area contributed by atoms with Crippen LogP contribution in [-0.2, 0) is 16.6 Å². The molecule has 34 heavy (non-hydrogen) atoms. The van der Waals surface area contributed by atoms with E-state index in [1.165, 1.54) is 4.31 Å². The number of ether oxygens (including phenoxy) is 1. The first-order valence-electron chi connectivity index (χ1n) is 11.6. The van der Waals surface area contributed by atoms with E-state index >= 15 is 0 Å². The van der Waals surface area contributed by atoms with Crippen molar-refractivity contribution < 1.29 is 18.3 Å². The van der Waals surface area contributed by atoms with Gasteiger partial charge in [-0.15, -0.1) is 0 Å². The van der Waals surface area contributed by atoms with Crippen LogP contribution >= 0.6 is 0 Å². The number of nitrogens with zero attached hydrogens (tertiary/aromatic N) is 3. The number of hydrogen-bond donors (Lipinski definition) is 1. The predicted molar refractivity (Wildman–Crippen MR) is 133 cm³/mol. The van der Waals surface area contributed by atoms with E-state index in [0.717, 1.165) is 5.69 Å². The van der Waals surface area contributed by atoms with Gasteiger partial charge in [-0.25, -0.2) is 8.42 Å². The van der Waals surface area contributed by atoms with E-state index in [9.17, 15) is 13.5 Å².